The van der Waals surface area contributed by atoms with Crippen molar-refractivity contribution >= 4 is 5.91 Å². The molecule has 1 saturated heterocycles. The van der Waals surface area contributed by atoms with E-state index in [-0.39, 0.29) is 11.7 Å². The Balaban J connectivity index is 1.45. The van der Waals surface area contributed by atoms with Gasteiger partial charge >= 0.3 is 0 Å². The number of tetrazole rings is 1. The molecule has 150 valence electrons. The van der Waals surface area contributed by atoms with E-state index in [9.17, 15) is 9.18 Å². The molecule has 2 aromatic rings. The molecule has 7 nitrogen and oxygen atoms in total. The molecule has 2 fully saturated rings. The summed E-state index contributed by atoms with van der Waals surface area (Å²) in [5.41, 5.74) is 0.507. The van der Waals surface area contributed by atoms with Gasteiger partial charge in [0.1, 0.15) is 5.82 Å². The number of benzene rings is 1. The van der Waals surface area contributed by atoms with Crippen LogP contribution in [0.3, 0.4) is 0 Å². The van der Waals surface area contributed by atoms with Gasteiger partial charge in [-0.3, -0.25) is 9.69 Å². The zero-order valence-electron chi connectivity index (χ0n) is 16.3. The molecule has 1 N–H and O–H groups in total. The molecule has 1 saturated carbocycles. The molecule has 0 spiro atoms. The van der Waals surface area contributed by atoms with Crippen LogP contribution in [-0.4, -0.2) is 44.1 Å². The quantitative estimate of drug-likeness (QED) is 0.855. The van der Waals surface area contributed by atoms with E-state index in [4.69, 9.17) is 0 Å². The van der Waals surface area contributed by atoms with Crippen molar-refractivity contribution in [3.05, 3.63) is 41.5 Å². The topological polar surface area (TPSA) is 75.9 Å². The molecular formula is C20H27FN6O. The highest BCUT2D eigenvalue weighted by Crippen LogP contribution is 2.34. The monoisotopic (exact) mass is 386 g/mol. The largest absolute Gasteiger partial charge is 0.347 e. The first-order valence-electron chi connectivity index (χ1n) is 10.1. The second kappa shape index (κ2) is 7.95. The lowest BCUT2D eigenvalue weighted by atomic mass is 9.80. The Morgan fingerprint density at radius 1 is 1.21 bits per heavy atom. The molecule has 1 aliphatic heterocycles. The van der Waals surface area contributed by atoms with E-state index in [1.807, 2.05) is 4.68 Å². The Morgan fingerprint density at radius 3 is 2.54 bits per heavy atom. The molecule has 1 aromatic heterocycles. The molecule has 8 heteroatoms. The normalized spacial score (nSPS) is 20.4. The number of nitrogens with zero attached hydrogens (tertiary/aromatic N) is 5. The van der Waals surface area contributed by atoms with Crippen LogP contribution in [0.5, 0.6) is 0 Å². The summed E-state index contributed by atoms with van der Waals surface area (Å²) >= 11 is 0. The zero-order valence-corrected chi connectivity index (χ0v) is 16.3. The third-order valence-electron chi connectivity index (χ3n) is 6.12. The van der Waals surface area contributed by atoms with Crippen LogP contribution in [0.2, 0.25) is 0 Å². The van der Waals surface area contributed by atoms with Gasteiger partial charge in [-0.2, -0.15) is 0 Å². The summed E-state index contributed by atoms with van der Waals surface area (Å²) in [5.74, 6) is 0.585. The lowest BCUT2D eigenvalue weighted by Crippen LogP contribution is -2.52. The van der Waals surface area contributed by atoms with E-state index < -0.39 is 5.54 Å². The van der Waals surface area contributed by atoms with Crippen molar-refractivity contribution < 1.29 is 9.18 Å². The van der Waals surface area contributed by atoms with Gasteiger partial charge in [0.2, 0.25) is 5.91 Å². The molecule has 1 aliphatic carbocycles. The maximum absolute atomic E-state index is 13.4. The third kappa shape index (κ3) is 3.92. The van der Waals surface area contributed by atoms with Crippen LogP contribution in [0.1, 0.15) is 62.9 Å². The fourth-order valence-corrected chi connectivity index (χ4v) is 4.63. The number of rotatable bonds is 5. The van der Waals surface area contributed by atoms with Gasteiger partial charge in [0.15, 0.2) is 5.82 Å². The number of amides is 1. The lowest BCUT2D eigenvalue weighted by molar-refractivity contribution is -0.121. The first-order valence-corrected chi connectivity index (χ1v) is 10.1. The minimum absolute atomic E-state index is 0.0667. The van der Waals surface area contributed by atoms with E-state index >= 15 is 0 Å². The third-order valence-corrected chi connectivity index (χ3v) is 6.12. The summed E-state index contributed by atoms with van der Waals surface area (Å²) in [6.45, 7) is 3.88. The average molecular weight is 386 g/mol. The predicted octanol–water partition coefficient (Wildman–Crippen LogP) is 2.55. The SMILES string of the molecule is CC(=O)NC1(c2ccc(F)cc2)CCN(Cc2nnnn2C2CCCC2)CC1. The second-order valence-electron chi connectivity index (χ2n) is 8.02. The number of carbonyl (C=O) groups is 1. The van der Waals surface area contributed by atoms with E-state index in [1.165, 1.54) is 31.9 Å². The summed E-state index contributed by atoms with van der Waals surface area (Å²) in [6, 6.07) is 6.90. The number of piperidine rings is 1. The molecule has 1 amide bonds. The first-order chi connectivity index (χ1) is 13.6. The van der Waals surface area contributed by atoms with Gasteiger partial charge in [-0.25, -0.2) is 9.07 Å². The maximum Gasteiger partial charge on any atom is 0.217 e. The van der Waals surface area contributed by atoms with Crippen LogP contribution < -0.4 is 5.32 Å². The molecule has 2 aliphatic rings. The fourth-order valence-electron chi connectivity index (χ4n) is 4.63. The van der Waals surface area contributed by atoms with E-state index in [0.717, 1.165) is 50.2 Å². The minimum atomic E-state index is -0.451. The molecule has 2 heterocycles. The Labute approximate surface area is 164 Å². The van der Waals surface area contributed by atoms with Crippen molar-refractivity contribution in [3.8, 4) is 0 Å². The first kappa shape index (κ1) is 19.0. The summed E-state index contributed by atoms with van der Waals surface area (Å²) < 4.78 is 15.4. The average Bonchev–Trinajstić information content (AvgIpc) is 3.35. The molecule has 4 rings (SSSR count). The standard InChI is InChI=1S/C20H27FN6O/c1-15(28)22-20(16-6-8-17(21)9-7-16)10-12-26(13-11-20)14-19-23-24-25-27(19)18-4-2-3-5-18/h6-9,18H,2-5,10-14H2,1H3,(H,22,28). The van der Waals surface area contributed by atoms with E-state index in [0.29, 0.717) is 12.6 Å². The highest BCUT2D eigenvalue weighted by atomic mass is 19.1. The molecular weight excluding hydrogens is 359 g/mol. The second-order valence-corrected chi connectivity index (χ2v) is 8.02. The lowest BCUT2D eigenvalue weighted by Gasteiger charge is -2.42. The Kier molecular flexibility index (Phi) is 5.39. The minimum Gasteiger partial charge on any atom is -0.347 e. The Hall–Kier alpha value is -2.35. The Bertz CT molecular complexity index is 806. The van der Waals surface area contributed by atoms with Gasteiger partial charge in [0.25, 0.3) is 0 Å². The van der Waals surface area contributed by atoms with Gasteiger partial charge in [0.05, 0.1) is 18.1 Å². The maximum atomic E-state index is 13.4. The molecule has 28 heavy (non-hydrogen) atoms. The van der Waals surface area contributed by atoms with Crippen molar-refractivity contribution in [2.24, 2.45) is 0 Å². The Morgan fingerprint density at radius 2 is 1.89 bits per heavy atom. The number of likely N-dealkylation sites (tertiary alicyclic amines) is 1. The number of nitrogens with one attached hydrogen (secondary N) is 1. The van der Waals surface area contributed by atoms with Crippen LogP contribution in [0, 0.1) is 5.82 Å². The summed E-state index contributed by atoms with van der Waals surface area (Å²) in [6.07, 6.45) is 6.31. The molecule has 0 unspecified atom stereocenters. The summed E-state index contributed by atoms with van der Waals surface area (Å²) in [5, 5.41) is 15.5. The van der Waals surface area contributed by atoms with Crippen molar-refractivity contribution in [1.29, 1.82) is 0 Å². The molecule has 0 atom stereocenters. The highest BCUT2D eigenvalue weighted by molar-refractivity contribution is 5.74. The number of halogens is 1. The van der Waals surface area contributed by atoms with Crippen LogP contribution in [-0.2, 0) is 16.9 Å². The van der Waals surface area contributed by atoms with Crippen LogP contribution >= 0.6 is 0 Å². The van der Waals surface area contributed by atoms with Gasteiger partial charge in [-0.1, -0.05) is 25.0 Å². The van der Waals surface area contributed by atoms with Crippen molar-refractivity contribution in [3.63, 3.8) is 0 Å². The molecule has 1 aromatic carbocycles. The number of carbonyl (C=O) groups excluding carboxylic acids is 1. The van der Waals surface area contributed by atoms with E-state index in [2.05, 4.69) is 25.7 Å². The smallest absolute Gasteiger partial charge is 0.217 e. The van der Waals surface area contributed by atoms with Crippen LogP contribution in [0.4, 0.5) is 4.39 Å². The number of hydrogen-bond acceptors (Lipinski definition) is 5. The summed E-state index contributed by atoms with van der Waals surface area (Å²) in [7, 11) is 0. The summed E-state index contributed by atoms with van der Waals surface area (Å²) in [4.78, 5) is 14.2. The highest BCUT2D eigenvalue weighted by Gasteiger charge is 2.37. The van der Waals surface area contributed by atoms with Gasteiger partial charge in [-0.05, 0) is 53.8 Å². The van der Waals surface area contributed by atoms with Gasteiger partial charge in [0, 0.05) is 20.0 Å². The fraction of sp³-hybridized carbons (Fsp3) is 0.600. The molecule has 0 radical (unpaired) electrons. The van der Waals surface area contributed by atoms with E-state index in [1.54, 1.807) is 12.1 Å². The van der Waals surface area contributed by atoms with Crippen molar-refractivity contribution in [1.82, 2.24) is 30.4 Å². The van der Waals surface area contributed by atoms with Crippen LogP contribution in [0.15, 0.2) is 24.3 Å². The van der Waals surface area contributed by atoms with Gasteiger partial charge < -0.3 is 5.32 Å². The predicted molar refractivity (Wildman–Crippen MR) is 102 cm³/mol. The van der Waals surface area contributed by atoms with Crippen molar-refractivity contribution in [2.45, 2.75) is 63.6 Å². The van der Waals surface area contributed by atoms with Crippen molar-refractivity contribution in [2.75, 3.05) is 13.1 Å². The van der Waals surface area contributed by atoms with Crippen LogP contribution in [0.25, 0.3) is 0 Å². The number of aromatic nitrogens is 4. The zero-order chi connectivity index (χ0) is 19.6. The number of hydrogen-bond donors (Lipinski definition) is 1. The molecule has 0 bridgehead atoms. The van der Waals surface area contributed by atoms with Gasteiger partial charge in [-0.15, -0.1) is 5.10 Å².